The third-order valence-corrected chi connectivity index (χ3v) is 4.71. The van der Waals surface area contributed by atoms with Gasteiger partial charge in [0, 0.05) is 6.54 Å². The van der Waals surface area contributed by atoms with Gasteiger partial charge in [0.2, 0.25) is 0 Å². The smallest absolute Gasteiger partial charge is 0.289 e. The molecule has 0 N–H and O–H groups in total. The number of hydrogen-bond acceptors (Lipinski definition) is 2. The largest absolute Gasteiger partial charge is 0.346 e. The Morgan fingerprint density at radius 1 is 1.69 bits per heavy atom. The molecule has 0 saturated carbocycles. The van der Waals surface area contributed by atoms with Crippen LogP contribution in [0.4, 0.5) is 0 Å². The van der Waals surface area contributed by atoms with Crippen molar-refractivity contribution in [3.8, 4) is 12.3 Å². The number of rotatable bonds is 1. The summed E-state index contributed by atoms with van der Waals surface area (Å²) in [4.78, 5) is 0. The highest BCUT2D eigenvalue weighted by atomic mass is 31.2. The maximum absolute atomic E-state index is 12.2. The van der Waals surface area contributed by atoms with Crippen LogP contribution in [0.1, 0.15) is 6.42 Å². The van der Waals surface area contributed by atoms with Crippen LogP contribution in [0.25, 0.3) is 0 Å². The van der Waals surface area contributed by atoms with Gasteiger partial charge in [0.25, 0.3) is 0 Å². The van der Waals surface area contributed by atoms with Crippen LogP contribution in [-0.2, 0) is 9.09 Å². The average Bonchev–Trinajstić information content (AvgIpc) is 2.09. The van der Waals surface area contributed by atoms with Gasteiger partial charge in [0.15, 0.2) is 0 Å². The molecule has 1 aliphatic rings. The summed E-state index contributed by atoms with van der Waals surface area (Å²) >= 11 is 0. The molecule has 1 aliphatic heterocycles. The van der Waals surface area contributed by atoms with Crippen molar-refractivity contribution in [1.82, 2.24) is 9.34 Å². The number of hydrogen-bond donors (Lipinski definition) is 0. The standard InChI is InChI=1S/C8H15N2O2P/c1-5-8-6-7-10(4)13(11,12-8)9(2)3/h1,8H,6-7H2,2-4H3. The van der Waals surface area contributed by atoms with E-state index in [-0.39, 0.29) is 6.10 Å². The van der Waals surface area contributed by atoms with E-state index >= 15 is 0 Å². The molecule has 2 atom stereocenters. The van der Waals surface area contributed by atoms with Crippen molar-refractivity contribution >= 4 is 7.67 Å². The Morgan fingerprint density at radius 3 is 2.77 bits per heavy atom. The molecule has 1 rings (SSSR count). The highest BCUT2D eigenvalue weighted by Gasteiger charge is 2.38. The third kappa shape index (κ3) is 1.95. The zero-order valence-electron chi connectivity index (χ0n) is 8.23. The molecule has 5 heteroatoms. The molecule has 2 unspecified atom stereocenters. The van der Waals surface area contributed by atoms with Gasteiger partial charge < -0.3 is 0 Å². The van der Waals surface area contributed by atoms with Gasteiger partial charge in [-0.1, -0.05) is 5.92 Å². The Bertz CT molecular complexity index is 272. The van der Waals surface area contributed by atoms with Crippen LogP contribution in [0.15, 0.2) is 0 Å². The molecule has 0 aromatic heterocycles. The third-order valence-electron chi connectivity index (χ3n) is 2.10. The Labute approximate surface area is 79.4 Å². The van der Waals surface area contributed by atoms with E-state index in [9.17, 15) is 4.57 Å². The molecule has 4 nitrogen and oxygen atoms in total. The highest BCUT2D eigenvalue weighted by molar-refractivity contribution is 7.53. The summed E-state index contributed by atoms with van der Waals surface area (Å²) in [7, 11) is 2.42. The molecule has 0 amide bonds. The topological polar surface area (TPSA) is 32.8 Å². The van der Waals surface area contributed by atoms with Crippen LogP contribution in [0.5, 0.6) is 0 Å². The summed E-state index contributed by atoms with van der Waals surface area (Å²) in [6, 6.07) is 0. The van der Waals surface area contributed by atoms with Gasteiger partial charge in [-0.3, -0.25) is 9.09 Å². The van der Waals surface area contributed by atoms with Crippen LogP contribution in [0, 0.1) is 12.3 Å². The first-order chi connectivity index (χ1) is 6.00. The molecule has 74 valence electrons. The van der Waals surface area contributed by atoms with E-state index in [1.165, 1.54) is 0 Å². The molecule has 1 saturated heterocycles. The molecular formula is C8H15N2O2P. The minimum Gasteiger partial charge on any atom is -0.289 e. The fourth-order valence-electron chi connectivity index (χ4n) is 1.24. The molecule has 0 bridgehead atoms. The summed E-state index contributed by atoms with van der Waals surface area (Å²) in [5.74, 6) is 2.49. The van der Waals surface area contributed by atoms with Crippen molar-refractivity contribution in [2.75, 3.05) is 27.7 Å². The lowest BCUT2D eigenvalue weighted by atomic mass is 10.3. The molecule has 0 spiro atoms. The minimum atomic E-state index is -2.82. The van der Waals surface area contributed by atoms with E-state index in [0.717, 1.165) is 6.42 Å². The Kier molecular flexibility index (Phi) is 3.15. The Morgan fingerprint density at radius 2 is 2.31 bits per heavy atom. The van der Waals surface area contributed by atoms with E-state index < -0.39 is 7.67 Å². The first kappa shape index (κ1) is 10.7. The van der Waals surface area contributed by atoms with Crippen molar-refractivity contribution in [1.29, 1.82) is 0 Å². The first-order valence-corrected chi connectivity index (χ1v) is 5.67. The fourth-order valence-corrected chi connectivity index (χ4v) is 3.07. The molecule has 1 fully saturated rings. The predicted octanol–water partition coefficient (Wildman–Crippen LogP) is 1.01. The monoisotopic (exact) mass is 202 g/mol. The van der Waals surface area contributed by atoms with Crippen LogP contribution in [0.3, 0.4) is 0 Å². The van der Waals surface area contributed by atoms with Crippen molar-refractivity contribution < 1.29 is 9.09 Å². The quantitative estimate of drug-likeness (QED) is 0.469. The highest BCUT2D eigenvalue weighted by Crippen LogP contribution is 2.55. The molecule has 0 radical (unpaired) electrons. The van der Waals surface area contributed by atoms with Gasteiger partial charge in [-0.2, -0.15) is 0 Å². The molecule has 0 aromatic rings. The van der Waals surface area contributed by atoms with Crippen LogP contribution < -0.4 is 0 Å². The van der Waals surface area contributed by atoms with Gasteiger partial charge >= 0.3 is 7.67 Å². The van der Waals surface area contributed by atoms with E-state index in [1.54, 1.807) is 30.5 Å². The van der Waals surface area contributed by atoms with Gasteiger partial charge in [-0.15, -0.1) is 6.42 Å². The molecule has 0 aromatic carbocycles. The summed E-state index contributed by atoms with van der Waals surface area (Å²) in [5, 5.41) is 0. The summed E-state index contributed by atoms with van der Waals surface area (Å²) in [6.45, 7) is 0.713. The molecule has 13 heavy (non-hydrogen) atoms. The second-order valence-corrected chi connectivity index (χ2v) is 5.94. The first-order valence-electron chi connectivity index (χ1n) is 4.14. The molecule has 1 heterocycles. The van der Waals surface area contributed by atoms with E-state index in [2.05, 4.69) is 5.92 Å². The number of nitrogens with zero attached hydrogens (tertiary/aromatic N) is 2. The van der Waals surface area contributed by atoms with Crippen molar-refractivity contribution in [3.63, 3.8) is 0 Å². The lowest BCUT2D eigenvalue weighted by Gasteiger charge is -2.37. The van der Waals surface area contributed by atoms with Gasteiger partial charge in [0.1, 0.15) is 6.10 Å². The minimum absolute atomic E-state index is 0.315. The average molecular weight is 202 g/mol. The Hall–Kier alpha value is -0.330. The summed E-state index contributed by atoms with van der Waals surface area (Å²) in [6.07, 6.45) is 5.66. The van der Waals surface area contributed by atoms with Crippen LogP contribution in [0.2, 0.25) is 0 Å². The fraction of sp³-hybridized carbons (Fsp3) is 0.750. The predicted molar refractivity (Wildman–Crippen MR) is 52.2 cm³/mol. The van der Waals surface area contributed by atoms with Crippen molar-refractivity contribution in [3.05, 3.63) is 0 Å². The summed E-state index contributed by atoms with van der Waals surface area (Å²) in [5.41, 5.74) is 0. The molecular weight excluding hydrogens is 187 g/mol. The van der Waals surface area contributed by atoms with Gasteiger partial charge in [-0.05, 0) is 27.6 Å². The Balaban J connectivity index is 2.83. The lowest BCUT2D eigenvalue weighted by molar-refractivity contribution is 0.153. The molecule has 0 aliphatic carbocycles. The maximum atomic E-state index is 12.2. The zero-order valence-corrected chi connectivity index (χ0v) is 9.12. The summed E-state index contributed by atoms with van der Waals surface area (Å²) < 4.78 is 20.9. The second-order valence-electron chi connectivity index (χ2n) is 3.27. The van der Waals surface area contributed by atoms with E-state index in [4.69, 9.17) is 10.9 Å². The number of terminal acetylenes is 1. The van der Waals surface area contributed by atoms with Crippen molar-refractivity contribution in [2.24, 2.45) is 0 Å². The van der Waals surface area contributed by atoms with Crippen LogP contribution in [-0.4, -0.2) is 43.1 Å². The normalized spacial score (nSPS) is 36.1. The second kappa shape index (κ2) is 3.81. The zero-order chi connectivity index (χ0) is 10.1. The van der Waals surface area contributed by atoms with E-state index in [1.807, 2.05) is 0 Å². The SMILES string of the molecule is C#CC1CCN(C)P(=O)(N(C)C)O1. The van der Waals surface area contributed by atoms with Crippen molar-refractivity contribution in [2.45, 2.75) is 12.5 Å². The van der Waals surface area contributed by atoms with Gasteiger partial charge in [0.05, 0.1) is 0 Å². The lowest BCUT2D eigenvalue weighted by Crippen LogP contribution is -2.35. The van der Waals surface area contributed by atoms with Gasteiger partial charge in [-0.25, -0.2) is 9.34 Å². The maximum Gasteiger partial charge on any atom is 0.346 e. The van der Waals surface area contributed by atoms with Crippen LogP contribution >= 0.6 is 7.67 Å². The van der Waals surface area contributed by atoms with E-state index in [0.29, 0.717) is 6.54 Å².